The van der Waals surface area contributed by atoms with Gasteiger partial charge in [-0.05, 0) is 43.2 Å². The largest absolute Gasteiger partial charge is 0.497 e. The van der Waals surface area contributed by atoms with Gasteiger partial charge in [-0.3, -0.25) is 0 Å². The Bertz CT molecular complexity index is 887. The van der Waals surface area contributed by atoms with E-state index in [0.717, 1.165) is 24.8 Å². The molecule has 0 saturated carbocycles. The van der Waals surface area contributed by atoms with Crippen molar-refractivity contribution in [3.8, 4) is 11.5 Å². The molecule has 0 spiro atoms. The zero-order chi connectivity index (χ0) is 24.8. The molecule has 0 saturated heterocycles. The topological polar surface area (TPSA) is 97.3 Å². The van der Waals surface area contributed by atoms with Gasteiger partial charge in [-0.1, -0.05) is 38.0 Å². The van der Waals surface area contributed by atoms with Crippen LogP contribution in [0.15, 0.2) is 48.5 Å². The summed E-state index contributed by atoms with van der Waals surface area (Å²) in [4.78, 5) is 25.9. The fourth-order valence-corrected chi connectivity index (χ4v) is 3.40. The van der Waals surface area contributed by atoms with Gasteiger partial charge in [-0.15, -0.1) is 0 Å². The minimum Gasteiger partial charge on any atom is -0.497 e. The van der Waals surface area contributed by atoms with Crippen LogP contribution in [-0.4, -0.2) is 61.5 Å². The Balaban J connectivity index is 1.91. The number of methoxy groups -OCH3 is 1. The lowest BCUT2D eigenvalue weighted by Gasteiger charge is -2.23. The van der Waals surface area contributed by atoms with Crippen molar-refractivity contribution in [3.05, 3.63) is 54.1 Å². The molecule has 0 aromatic heterocycles. The van der Waals surface area contributed by atoms with Gasteiger partial charge in [0.1, 0.15) is 18.1 Å². The van der Waals surface area contributed by atoms with E-state index in [-0.39, 0.29) is 6.03 Å². The van der Waals surface area contributed by atoms with Gasteiger partial charge in [0.2, 0.25) is 0 Å². The van der Waals surface area contributed by atoms with Gasteiger partial charge in [-0.25, -0.2) is 9.59 Å². The first-order valence-electron chi connectivity index (χ1n) is 11.7. The number of carbonyl (C=O) groups is 2. The number of ether oxygens (including phenoxy) is 3. The molecule has 2 aromatic carbocycles. The van der Waals surface area contributed by atoms with Gasteiger partial charge < -0.3 is 29.5 Å². The number of benzene rings is 2. The minimum atomic E-state index is -0.974. The first kappa shape index (κ1) is 27.0. The van der Waals surface area contributed by atoms with E-state index in [1.165, 1.54) is 0 Å². The molecule has 0 aliphatic rings. The van der Waals surface area contributed by atoms with Gasteiger partial charge in [0, 0.05) is 31.3 Å². The molecule has 2 aromatic rings. The Morgan fingerprint density at radius 1 is 1.03 bits per heavy atom. The lowest BCUT2D eigenvalue weighted by atomic mass is 10.1. The fourth-order valence-electron chi connectivity index (χ4n) is 3.40. The second kappa shape index (κ2) is 14.8. The van der Waals surface area contributed by atoms with Crippen molar-refractivity contribution >= 4 is 17.7 Å². The second-order valence-corrected chi connectivity index (χ2v) is 7.84. The Morgan fingerprint density at radius 3 is 2.44 bits per heavy atom. The highest BCUT2D eigenvalue weighted by molar-refractivity contribution is 5.89. The van der Waals surface area contributed by atoms with Crippen molar-refractivity contribution in [3.63, 3.8) is 0 Å². The van der Waals surface area contributed by atoms with Crippen LogP contribution in [0.25, 0.3) is 0 Å². The number of unbranched alkanes of at least 4 members (excludes halogenated alkanes) is 2. The summed E-state index contributed by atoms with van der Waals surface area (Å²) in [6.45, 7) is 5.66. The molecule has 0 aliphatic heterocycles. The molecular weight excluding hydrogens is 436 g/mol. The lowest BCUT2D eigenvalue weighted by Crippen LogP contribution is -2.38. The summed E-state index contributed by atoms with van der Waals surface area (Å²) in [6.07, 6.45) is 2.46. The van der Waals surface area contributed by atoms with Crippen LogP contribution in [0.4, 0.5) is 10.5 Å². The van der Waals surface area contributed by atoms with Crippen molar-refractivity contribution < 1.29 is 28.9 Å². The van der Waals surface area contributed by atoms with Gasteiger partial charge in [0.15, 0.2) is 6.10 Å². The predicted molar refractivity (Wildman–Crippen MR) is 132 cm³/mol. The van der Waals surface area contributed by atoms with Crippen LogP contribution in [0.1, 0.15) is 38.7 Å². The molecular formula is C26H36N2O6. The fraction of sp³-hybridized carbons (Fsp3) is 0.462. The van der Waals surface area contributed by atoms with E-state index in [1.807, 2.05) is 30.3 Å². The summed E-state index contributed by atoms with van der Waals surface area (Å²) in [5, 5.41) is 12.2. The van der Waals surface area contributed by atoms with Gasteiger partial charge in [-0.2, -0.15) is 0 Å². The number of hydrogen-bond donors (Lipinski definition) is 2. The SMILES string of the molecule is CCCCCN(CCOc1ccc(CC(OCC)C(=O)O)cc1)C(=O)Nc1cccc(OC)c1. The number of rotatable bonds is 15. The Labute approximate surface area is 201 Å². The molecule has 0 bridgehead atoms. The molecule has 1 unspecified atom stereocenters. The Hall–Kier alpha value is -3.26. The zero-order valence-electron chi connectivity index (χ0n) is 20.3. The quantitative estimate of drug-likeness (QED) is 0.360. The molecule has 8 nitrogen and oxygen atoms in total. The van der Waals surface area contributed by atoms with Crippen LogP contribution in [0.2, 0.25) is 0 Å². The smallest absolute Gasteiger partial charge is 0.333 e. The average molecular weight is 473 g/mol. The number of carboxylic acid groups (broad SMARTS) is 1. The average Bonchev–Trinajstić information content (AvgIpc) is 2.83. The summed E-state index contributed by atoms with van der Waals surface area (Å²) in [5.41, 5.74) is 1.53. The number of urea groups is 1. The third-order valence-electron chi connectivity index (χ3n) is 5.26. The highest BCUT2D eigenvalue weighted by atomic mass is 16.5. The third-order valence-corrected chi connectivity index (χ3v) is 5.26. The van der Waals surface area contributed by atoms with E-state index in [2.05, 4.69) is 12.2 Å². The first-order chi connectivity index (χ1) is 16.5. The summed E-state index contributed by atoms with van der Waals surface area (Å²) in [5.74, 6) is 0.365. The monoisotopic (exact) mass is 472 g/mol. The maximum Gasteiger partial charge on any atom is 0.333 e. The minimum absolute atomic E-state index is 0.182. The normalized spacial score (nSPS) is 11.5. The number of nitrogens with one attached hydrogen (secondary N) is 1. The maximum atomic E-state index is 12.9. The molecule has 34 heavy (non-hydrogen) atoms. The molecule has 0 radical (unpaired) electrons. The van der Waals surface area contributed by atoms with Crippen LogP contribution in [-0.2, 0) is 16.0 Å². The van der Waals surface area contributed by atoms with Crippen molar-refractivity contribution in [1.82, 2.24) is 4.90 Å². The van der Waals surface area contributed by atoms with Crippen LogP contribution < -0.4 is 14.8 Å². The Kier molecular flexibility index (Phi) is 11.7. The molecule has 0 fully saturated rings. The molecule has 186 valence electrons. The van der Waals surface area contributed by atoms with E-state index in [0.29, 0.717) is 49.9 Å². The highest BCUT2D eigenvalue weighted by Crippen LogP contribution is 2.18. The van der Waals surface area contributed by atoms with E-state index < -0.39 is 12.1 Å². The van der Waals surface area contributed by atoms with Gasteiger partial charge in [0.05, 0.1) is 13.7 Å². The van der Waals surface area contributed by atoms with E-state index in [1.54, 1.807) is 37.1 Å². The van der Waals surface area contributed by atoms with Crippen molar-refractivity contribution in [1.29, 1.82) is 0 Å². The number of amides is 2. The van der Waals surface area contributed by atoms with Crippen LogP contribution in [0, 0.1) is 0 Å². The summed E-state index contributed by atoms with van der Waals surface area (Å²) in [7, 11) is 1.59. The molecule has 2 amide bonds. The molecule has 1 atom stereocenters. The van der Waals surface area contributed by atoms with Crippen molar-refractivity contribution in [2.45, 2.75) is 45.6 Å². The second-order valence-electron chi connectivity index (χ2n) is 7.84. The van der Waals surface area contributed by atoms with Crippen LogP contribution >= 0.6 is 0 Å². The van der Waals surface area contributed by atoms with Gasteiger partial charge >= 0.3 is 12.0 Å². The Morgan fingerprint density at radius 2 is 1.79 bits per heavy atom. The highest BCUT2D eigenvalue weighted by Gasteiger charge is 2.18. The number of aliphatic carboxylic acids is 1. The molecule has 8 heteroatoms. The molecule has 2 N–H and O–H groups in total. The number of anilines is 1. The summed E-state index contributed by atoms with van der Waals surface area (Å²) < 4.78 is 16.3. The summed E-state index contributed by atoms with van der Waals surface area (Å²) in [6, 6.07) is 14.3. The van der Waals surface area contributed by atoms with E-state index in [9.17, 15) is 14.7 Å². The van der Waals surface area contributed by atoms with Crippen LogP contribution in [0.5, 0.6) is 11.5 Å². The number of carboxylic acids is 1. The molecule has 2 rings (SSSR count). The zero-order valence-corrected chi connectivity index (χ0v) is 20.3. The molecule has 0 aliphatic carbocycles. The first-order valence-corrected chi connectivity index (χ1v) is 11.7. The standard InChI is InChI=1S/C26H36N2O6/c1-4-6-7-15-28(26(31)27-21-9-8-10-23(19-21)32-3)16-17-34-22-13-11-20(12-14-22)18-24(25(29)30)33-5-2/h8-14,19,24H,4-7,15-18H2,1-3H3,(H,27,31)(H,29,30). The maximum absolute atomic E-state index is 12.9. The lowest BCUT2D eigenvalue weighted by molar-refractivity contribution is -0.149. The molecule has 0 heterocycles. The summed E-state index contributed by atoms with van der Waals surface area (Å²) >= 11 is 0. The van der Waals surface area contributed by atoms with Crippen molar-refractivity contribution in [2.75, 3.05) is 38.7 Å². The van der Waals surface area contributed by atoms with Gasteiger partial charge in [0.25, 0.3) is 0 Å². The number of hydrogen-bond acceptors (Lipinski definition) is 5. The van der Waals surface area contributed by atoms with E-state index >= 15 is 0 Å². The third kappa shape index (κ3) is 9.31. The van der Waals surface area contributed by atoms with Crippen LogP contribution in [0.3, 0.4) is 0 Å². The number of carbonyl (C=O) groups excluding carboxylic acids is 1. The predicted octanol–water partition coefficient (Wildman–Crippen LogP) is 4.83. The number of nitrogens with zero attached hydrogens (tertiary/aromatic N) is 1. The van der Waals surface area contributed by atoms with Crippen molar-refractivity contribution in [2.24, 2.45) is 0 Å². The van der Waals surface area contributed by atoms with E-state index in [4.69, 9.17) is 14.2 Å².